The molecule has 2 unspecified atom stereocenters. The molecular weight excluding hydrogens is 240 g/mol. The van der Waals surface area contributed by atoms with Gasteiger partial charge in [0.25, 0.3) is 0 Å². The summed E-state index contributed by atoms with van der Waals surface area (Å²) in [5.74, 6) is 3.13. The van der Waals surface area contributed by atoms with Crippen LogP contribution >= 0.6 is 0 Å². The Morgan fingerprint density at radius 2 is 2.00 bits per heavy atom. The van der Waals surface area contributed by atoms with Gasteiger partial charge in [0, 0.05) is 26.3 Å². The van der Waals surface area contributed by atoms with E-state index < -0.39 is 0 Å². The molecular formula is C14H24N4O. The van der Waals surface area contributed by atoms with E-state index in [0.717, 1.165) is 11.6 Å². The van der Waals surface area contributed by atoms with Crippen molar-refractivity contribution in [1.82, 2.24) is 9.97 Å². The van der Waals surface area contributed by atoms with Crippen LogP contribution in [0.1, 0.15) is 38.4 Å². The molecule has 1 saturated carbocycles. The molecule has 0 saturated heterocycles. The zero-order valence-corrected chi connectivity index (χ0v) is 12.1. The summed E-state index contributed by atoms with van der Waals surface area (Å²) in [5, 5.41) is 6.63. The normalized spacial score (nSPS) is 23.1. The zero-order chi connectivity index (χ0) is 13.7. The minimum atomic E-state index is 0.435. The van der Waals surface area contributed by atoms with Crippen LogP contribution in [0.5, 0.6) is 0 Å². The number of methoxy groups -OCH3 is 1. The number of hydrogen-bond donors (Lipinski definition) is 2. The fourth-order valence-electron chi connectivity index (χ4n) is 2.61. The van der Waals surface area contributed by atoms with E-state index in [4.69, 9.17) is 4.74 Å². The monoisotopic (exact) mass is 264 g/mol. The van der Waals surface area contributed by atoms with Crippen molar-refractivity contribution in [2.24, 2.45) is 5.92 Å². The van der Waals surface area contributed by atoms with Gasteiger partial charge >= 0.3 is 0 Å². The van der Waals surface area contributed by atoms with Crippen molar-refractivity contribution in [2.45, 2.75) is 45.3 Å². The maximum absolute atomic E-state index is 5.11. The first-order chi connectivity index (χ1) is 9.22. The Morgan fingerprint density at radius 1 is 1.26 bits per heavy atom. The predicted molar refractivity (Wildman–Crippen MR) is 77.3 cm³/mol. The second-order valence-corrected chi connectivity index (χ2v) is 5.25. The fourth-order valence-corrected chi connectivity index (χ4v) is 2.61. The molecule has 1 aromatic rings. The van der Waals surface area contributed by atoms with E-state index >= 15 is 0 Å². The number of nitrogens with zero attached hydrogens (tertiary/aromatic N) is 2. The highest BCUT2D eigenvalue weighted by Gasteiger charge is 2.21. The van der Waals surface area contributed by atoms with Gasteiger partial charge in [-0.3, -0.25) is 0 Å². The van der Waals surface area contributed by atoms with E-state index in [2.05, 4.69) is 27.5 Å². The quantitative estimate of drug-likeness (QED) is 0.856. The van der Waals surface area contributed by atoms with Crippen LogP contribution in [0.15, 0.2) is 6.07 Å². The van der Waals surface area contributed by atoms with Crippen LogP contribution in [-0.4, -0.2) is 30.2 Å². The Kier molecular flexibility index (Phi) is 4.96. The summed E-state index contributed by atoms with van der Waals surface area (Å²) < 4.78 is 5.11. The Hall–Kier alpha value is -1.36. The largest absolute Gasteiger partial charge is 0.377 e. The lowest BCUT2D eigenvalue weighted by molar-refractivity contribution is 0.178. The Morgan fingerprint density at radius 3 is 2.68 bits per heavy atom. The minimum Gasteiger partial charge on any atom is -0.377 e. The molecule has 0 bridgehead atoms. The second-order valence-electron chi connectivity index (χ2n) is 5.25. The highest BCUT2D eigenvalue weighted by atomic mass is 16.5. The molecule has 2 atom stereocenters. The van der Waals surface area contributed by atoms with Crippen molar-refractivity contribution in [1.29, 1.82) is 0 Å². The van der Waals surface area contributed by atoms with E-state index in [-0.39, 0.29) is 0 Å². The van der Waals surface area contributed by atoms with Crippen molar-refractivity contribution in [2.75, 3.05) is 24.8 Å². The van der Waals surface area contributed by atoms with E-state index in [1.807, 2.05) is 13.1 Å². The number of anilines is 2. The van der Waals surface area contributed by atoms with E-state index in [0.29, 0.717) is 24.4 Å². The molecule has 5 heteroatoms. The van der Waals surface area contributed by atoms with Gasteiger partial charge in [-0.2, -0.15) is 0 Å². The van der Waals surface area contributed by atoms with Gasteiger partial charge in [-0.05, 0) is 18.8 Å². The number of rotatable bonds is 5. The van der Waals surface area contributed by atoms with Crippen molar-refractivity contribution in [3.63, 3.8) is 0 Å². The maximum atomic E-state index is 5.11. The summed E-state index contributed by atoms with van der Waals surface area (Å²) in [5.41, 5.74) is 0. The third-order valence-corrected chi connectivity index (χ3v) is 3.75. The zero-order valence-electron chi connectivity index (χ0n) is 12.1. The Labute approximate surface area is 115 Å². The molecule has 0 amide bonds. The second kappa shape index (κ2) is 6.70. The molecule has 2 rings (SSSR count). The van der Waals surface area contributed by atoms with Gasteiger partial charge in [0.15, 0.2) is 5.82 Å². The average Bonchev–Trinajstić information content (AvgIpc) is 2.41. The van der Waals surface area contributed by atoms with Crippen LogP contribution in [0, 0.1) is 5.92 Å². The van der Waals surface area contributed by atoms with Gasteiger partial charge in [0.2, 0.25) is 0 Å². The van der Waals surface area contributed by atoms with E-state index in [1.165, 1.54) is 25.7 Å². The van der Waals surface area contributed by atoms with Crippen molar-refractivity contribution in [3.05, 3.63) is 11.9 Å². The molecule has 2 N–H and O–H groups in total. The highest BCUT2D eigenvalue weighted by Crippen LogP contribution is 2.26. The molecule has 1 aliphatic rings. The van der Waals surface area contributed by atoms with Gasteiger partial charge in [-0.1, -0.05) is 19.8 Å². The molecule has 0 aromatic carbocycles. The Bertz CT molecular complexity index is 410. The molecule has 1 fully saturated rings. The van der Waals surface area contributed by atoms with Crippen molar-refractivity contribution < 1.29 is 4.74 Å². The smallest absolute Gasteiger partial charge is 0.158 e. The molecule has 1 aromatic heterocycles. The Balaban J connectivity index is 2.11. The first-order valence-electron chi connectivity index (χ1n) is 7.04. The number of nitrogens with one attached hydrogen (secondary N) is 2. The van der Waals surface area contributed by atoms with Gasteiger partial charge in [0.05, 0.1) is 0 Å². The lowest BCUT2D eigenvalue weighted by Crippen LogP contribution is -2.30. The lowest BCUT2D eigenvalue weighted by Gasteiger charge is -2.30. The van der Waals surface area contributed by atoms with Gasteiger partial charge in [-0.25, -0.2) is 9.97 Å². The van der Waals surface area contributed by atoms with Crippen molar-refractivity contribution >= 4 is 11.6 Å². The number of aromatic nitrogens is 2. The predicted octanol–water partition coefficient (Wildman–Crippen LogP) is 2.66. The first kappa shape index (κ1) is 14.1. The van der Waals surface area contributed by atoms with Gasteiger partial charge < -0.3 is 15.4 Å². The summed E-state index contributed by atoms with van der Waals surface area (Å²) in [6.07, 6.45) is 5.17. The summed E-state index contributed by atoms with van der Waals surface area (Å²) in [4.78, 5) is 8.88. The summed E-state index contributed by atoms with van der Waals surface area (Å²) in [7, 11) is 3.53. The third kappa shape index (κ3) is 3.80. The molecule has 0 aliphatic heterocycles. The van der Waals surface area contributed by atoms with E-state index in [9.17, 15) is 0 Å². The molecule has 1 aliphatic carbocycles. The molecule has 0 spiro atoms. The van der Waals surface area contributed by atoms with Crippen LogP contribution in [0.3, 0.4) is 0 Å². The lowest BCUT2D eigenvalue weighted by atomic mass is 9.86. The minimum absolute atomic E-state index is 0.435. The molecule has 1 heterocycles. The van der Waals surface area contributed by atoms with Crippen LogP contribution in [0.2, 0.25) is 0 Å². The first-order valence-corrected chi connectivity index (χ1v) is 7.04. The molecule has 19 heavy (non-hydrogen) atoms. The molecule has 106 valence electrons. The SMILES string of the molecule is CNc1cc(NC2CCCCC2C)nc(COC)n1. The van der Waals surface area contributed by atoms with Gasteiger partial charge in [-0.15, -0.1) is 0 Å². The van der Waals surface area contributed by atoms with Crippen LogP contribution in [0.4, 0.5) is 11.6 Å². The molecule has 5 nitrogen and oxygen atoms in total. The standard InChI is InChI=1S/C14H24N4O/c1-10-6-4-5-7-11(10)16-13-8-12(15-2)17-14(18-13)9-19-3/h8,10-11H,4-7,9H2,1-3H3,(H2,15,16,17,18). The van der Waals surface area contributed by atoms with Crippen molar-refractivity contribution in [3.8, 4) is 0 Å². The average molecular weight is 264 g/mol. The fraction of sp³-hybridized carbons (Fsp3) is 0.714. The topological polar surface area (TPSA) is 59.1 Å². The summed E-state index contributed by atoms with van der Waals surface area (Å²) in [6, 6.07) is 2.48. The van der Waals surface area contributed by atoms with Crippen LogP contribution in [-0.2, 0) is 11.3 Å². The van der Waals surface area contributed by atoms with Crippen LogP contribution in [0.25, 0.3) is 0 Å². The number of ether oxygens (including phenoxy) is 1. The highest BCUT2D eigenvalue weighted by molar-refractivity contribution is 5.47. The van der Waals surface area contributed by atoms with Crippen LogP contribution < -0.4 is 10.6 Å². The third-order valence-electron chi connectivity index (χ3n) is 3.75. The molecule has 0 radical (unpaired) electrons. The summed E-state index contributed by atoms with van der Waals surface area (Å²) >= 11 is 0. The van der Waals surface area contributed by atoms with Gasteiger partial charge in [0.1, 0.15) is 18.2 Å². The maximum Gasteiger partial charge on any atom is 0.158 e. The summed E-state index contributed by atoms with van der Waals surface area (Å²) in [6.45, 7) is 2.75. The number of hydrogen-bond acceptors (Lipinski definition) is 5. The van der Waals surface area contributed by atoms with E-state index in [1.54, 1.807) is 7.11 Å².